The van der Waals surface area contributed by atoms with E-state index in [2.05, 4.69) is 9.47 Å². The average molecular weight is 288 g/mol. The van der Waals surface area contributed by atoms with Crippen molar-refractivity contribution < 1.29 is 33.2 Å². The van der Waals surface area contributed by atoms with Gasteiger partial charge in [0.25, 0.3) is 0 Å². The number of ether oxygens (including phenoxy) is 4. The second-order valence-corrected chi connectivity index (χ2v) is 4.01. The van der Waals surface area contributed by atoms with Gasteiger partial charge in [0.1, 0.15) is 5.56 Å². The summed E-state index contributed by atoms with van der Waals surface area (Å²) in [5.74, 6) is -2.82. The lowest BCUT2D eigenvalue weighted by Crippen LogP contribution is -2.14. The summed E-state index contributed by atoms with van der Waals surface area (Å²) in [7, 11) is 2.70. The van der Waals surface area contributed by atoms with Crippen LogP contribution in [0.15, 0.2) is 0 Å². The lowest BCUT2D eigenvalue weighted by Gasteiger charge is -2.16. The Labute approximate surface area is 116 Å². The minimum absolute atomic E-state index is 0.105. The van der Waals surface area contributed by atoms with E-state index in [0.29, 0.717) is 5.56 Å². The molecule has 0 fully saturated rings. The number of carbonyl (C=O) groups is 1. The van der Waals surface area contributed by atoms with E-state index in [1.807, 2.05) is 0 Å². The highest BCUT2D eigenvalue weighted by atomic mass is 19.1. The molecule has 112 valence electrons. The molecule has 0 atom stereocenters. The average Bonchev–Trinajstić information content (AvgIpc) is 2.44. The van der Waals surface area contributed by atoms with Crippen molar-refractivity contribution in [2.75, 3.05) is 27.8 Å². The first-order chi connectivity index (χ1) is 9.45. The van der Waals surface area contributed by atoms with Gasteiger partial charge >= 0.3 is 5.97 Å². The quantitative estimate of drug-likeness (QED) is 0.636. The topological polar surface area (TPSA) is 74.2 Å². The molecule has 20 heavy (non-hydrogen) atoms. The van der Waals surface area contributed by atoms with E-state index >= 15 is 0 Å². The van der Waals surface area contributed by atoms with Crippen molar-refractivity contribution in [1.29, 1.82) is 0 Å². The molecule has 0 heterocycles. The molecule has 0 aromatic heterocycles. The number of methoxy groups -OCH3 is 2. The van der Waals surface area contributed by atoms with E-state index in [4.69, 9.17) is 9.47 Å². The van der Waals surface area contributed by atoms with Crippen molar-refractivity contribution in [3.8, 4) is 11.5 Å². The molecule has 0 saturated heterocycles. The number of phenols is 1. The second kappa shape index (κ2) is 7.06. The Hall–Kier alpha value is -1.86. The monoisotopic (exact) mass is 288 g/mol. The fourth-order valence-electron chi connectivity index (χ4n) is 1.60. The first-order valence-corrected chi connectivity index (χ1v) is 5.75. The Bertz CT molecular complexity index is 500. The van der Waals surface area contributed by atoms with Crippen molar-refractivity contribution in [1.82, 2.24) is 0 Å². The summed E-state index contributed by atoms with van der Waals surface area (Å²) in [4.78, 5) is 12.0. The third-order valence-electron chi connectivity index (χ3n) is 2.76. The van der Waals surface area contributed by atoms with E-state index in [-0.39, 0.29) is 24.7 Å². The number of phenolic OH excluding ortho intramolecular Hbond substituents is 1. The highest BCUT2D eigenvalue weighted by molar-refractivity contribution is 5.95. The van der Waals surface area contributed by atoms with Gasteiger partial charge in [0.15, 0.2) is 25.1 Å². The predicted octanol–water partition coefficient (Wildman–Crippen LogP) is 1.89. The molecule has 0 spiro atoms. The summed E-state index contributed by atoms with van der Waals surface area (Å²) < 4.78 is 33.2. The van der Waals surface area contributed by atoms with Gasteiger partial charge in [-0.05, 0) is 25.0 Å². The Morgan fingerprint density at radius 2 is 1.75 bits per heavy atom. The number of rotatable bonds is 6. The largest absolute Gasteiger partial charge is 0.505 e. The van der Waals surface area contributed by atoms with Gasteiger partial charge in [0.05, 0.1) is 0 Å². The van der Waals surface area contributed by atoms with Crippen LogP contribution in [0.2, 0.25) is 0 Å². The van der Waals surface area contributed by atoms with Crippen LogP contribution in [0.4, 0.5) is 4.39 Å². The summed E-state index contributed by atoms with van der Waals surface area (Å²) in [6.45, 7) is 2.49. The molecule has 0 radical (unpaired) electrons. The maximum Gasteiger partial charge on any atom is 0.344 e. The van der Waals surface area contributed by atoms with Crippen molar-refractivity contribution in [3.05, 3.63) is 22.5 Å². The van der Waals surface area contributed by atoms with Crippen molar-refractivity contribution in [3.63, 3.8) is 0 Å². The summed E-state index contributed by atoms with van der Waals surface area (Å²) in [6.07, 6.45) is 0. The molecule has 0 bridgehead atoms. The van der Waals surface area contributed by atoms with Crippen molar-refractivity contribution >= 4 is 5.97 Å². The van der Waals surface area contributed by atoms with Gasteiger partial charge in [-0.15, -0.1) is 0 Å². The molecule has 0 aliphatic carbocycles. The molecule has 0 aliphatic heterocycles. The Balaban J connectivity index is 3.34. The van der Waals surface area contributed by atoms with Crippen LogP contribution in [0.3, 0.4) is 0 Å². The molecule has 0 saturated carbocycles. The minimum atomic E-state index is -1.03. The van der Waals surface area contributed by atoms with Crippen molar-refractivity contribution in [2.24, 2.45) is 0 Å². The lowest BCUT2D eigenvalue weighted by atomic mass is 10.0. The number of hydrogen-bond acceptors (Lipinski definition) is 6. The molecule has 1 aromatic carbocycles. The maximum absolute atomic E-state index is 14.0. The number of carbonyl (C=O) groups excluding carboxylic acids is 1. The Morgan fingerprint density at radius 3 is 2.30 bits per heavy atom. The van der Waals surface area contributed by atoms with Crippen LogP contribution in [0.1, 0.15) is 21.5 Å². The molecule has 1 N–H and O–H groups in total. The van der Waals surface area contributed by atoms with Crippen LogP contribution in [0, 0.1) is 19.7 Å². The molecule has 1 rings (SSSR count). The number of halogens is 1. The van der Waals surface area contributed by atoms with Crippen LogP contribution < -0.4 is 4.74 Å². The first-order valence-electron chi connectivity index (χ1n) is 5.75. The van der Waals surface area contributed by atoms with Gasteiger partial charge in [-0.3, -0.25) is 0 Å². The third-order valence-corrected chi connectivity index (χ3v) is 2.76. The summed E-state index contributed by atoms with van der Waals surface area (Å²) in [6, 6.07) is 0. The smallest absolute Gasteiger partial charge is 0.344 e. The van der Waals surface area contributed by atoms with Crippen LogP contribution in [0.25, 0.3) is 0 Å². The SMILES string of the molecule is COCOC(=O)c1c(C)c(C)c(O)c(F)c1OCOC. The molecule has 6 nitrogen and oxygen atoms in total. The molecule has 0 aliphatic rings. The van der Waals surface area contributed by atoms with Crippen LogP contribution in [-0.4, -0.2) is 38.9 Å². The van der Waals surface area contributed by atoms with Gasteiger partial charge < -0.3 is 24.1 Å². The first kappa shape index (κ1) is 16.2. The van der Waals surface area contributed by atoms with Gasteiger partial charge in [0.2, 0.25) is 5.82 Å². The highest BCUT2D eigenvalue weighted by Crippen LogP contribution is 2.36. The fourth-order valence-corrected chi connectivity index (χ4v) is 1.60. The van der Waals surface area contributed by atoms with Gasteiger partial charge in [-0.1, -0.05) is 0 Å². The predicted molar refractivity (Wildman–Crippen MR) is 67.3 cm³/mol. The summed E-state index contributed by atoms with van der Waals surface area (Å²) >= 11 is 0. The molecule has 1 aromatic rings. The number of benzene rings is 1. The minimum Gasteiger partial charge on any atom is -0.505 e. The van der Waals surface area contributed by atoms with Gasteiger partial charge in [-0.2, -0.15) is 4.39 Å². The molecular weight excluding hydrogens is 271 g/mol. The molecule has 0 unspecified atom stereocenters. The second-order valence-electron chi connectivity index (χ2n) is 4.01. The van der Waals surface area contributed by atoms with Crippen LogP contribution in [-0.2, 0) is 14.2 Å². The number of esters is 1. The van der Waals surface area contributed by atoms with E-state index in [1.165, 1.54) is 21.1 Å². The highest BCUT2D eigenvalue weighted by Gasteiger charge is 2.26. The van der Waals surface area contributed by atoms with Crippen LogP contribution in [0.5, 0.6) is 11.5 Å². The van der Waals surface area contributed by atoms with Crippen LogP contribution >= 0.6 is 0 Å². The Kier molecular flexibility index (Phi) is 5.72. The fraction of sp³-hybridized carbons (Fsp3) is 0.462. The Morgan fingerprint density at radius 1 is 1.15 bits per heavy atom. The summed E-state index contributed by atoms with van der Waals surface area (Å²) in [5.41, 5.74) is 0.486. The van der Waals surface area contributed by atoms with E-state index in [9.17, 15) is 14.3 Å². The van der Waals surface area contributed by atoms with E-state index < -0.39 is 23.3 Å². The maximum atomic E-state index is 14.0. The zero-order valence-corrected chi connectivity index (χ0v) is 11.8. The standard InChI is InChI=1S/C13H17FO6/c1-7-8(2)11(15)10(14)12(19-5-17-3)9(7)13(16)20-6-18-4/h15H,5-6H2,1-4H3. The summed E-state index contributed by atoms with van der Waals surface area (Å²) in [5, 5.41) is 9.68. The zero-order valence-electron chi connectivity index (χ0n) is 11.8. The number of aromatic hydroxyl groups is 1. The van der Waals surface area contributed by atoms with E-state index in [0.717, 1.165) is 0 Å². The molecular formula is C13H17FO6. The lowest BCUT2D eigenvalue weighted by molar-refractivity contribution is -0.0134. The molecule has 0 amide bonds. The molecule has 7 heteroatoms. The van der Waals surface area contributed by atoms with Gasteiger partial charge in [0, 0.05) is 14.2 Å². The van der Waals surface area contributed by atoms with E-state index in [1.54, 1.807) is 6.92 Å². The zero-order chi connectivity index (χ0) is 15.3. The van der Waals surface area contributed by atoms with Gasteiger partial charge in [-0.25, -0.2) is 4.79 Å². The third kappa shape index (κ3) is 3.17. The normalized spacial score (nSPS) is 10.4. The van der Waals surface area contributed by atoms with Crippen molar-refractivity contribution in [2.45, 2.75) is 13.8 Å². The number of hydrogen-bond donors (Lipinski definition) is 1.